The highest BCUT2D eigenvalue weighted by atomic mass is 15.2. The lowest BCUT2D eigenvalue weighted by molar-refractivity contribution is 0.634. The van der Waals surface area contributed by atoms with Gasteiger partial charge >= 0.3 is 0 Å². The van der Waals surface area contributed by atoms with Crippen LogP contribution < -0.4 is 10.6 Å². The Kier molecular flexibility index (Phi) is 3.06. The summed E-state index contributed by atoms with van der Waals surface area (Å²) in [5, 5.41) is 0. The van der Waals surface area contributed by atoms with Crippen molar-refractivity contribution in [2.45, 2.75) is 13.8 Å². The second-order valence-corrected chi connectivity index (χ2v) is 3.55. The highest BCUT2D eigenvalue weighted by molar-refractivity contribution is 5.39. The fraction of sp³-hybridized carbons (Fsp3) is 0.556. The molecule has 0 fully saturated rings. The SMILES string of the molecule is CC(C)CN(C)c1ccnc(N)n1. The number of nitrogens with zero attached hydrogens (tertiary/aromatic N) is 3. The van der Waals surface area contributed by atoms with Crippen LogP contribution in [0.15, 0.2) is 12.3 Å². The first kappa shape index (κ1) is 9.77. The summed E-state index contributed by atoms with van der Waals surface area (Å²) in [4.78, 5) is 10.0. The predicted molar refractivity (Wildman–Crippen MR) is 54.6 cm³/mol. The van der Waals surface area contributed by atoms with Crippen LogP contribution in [0.25, 0.3) is 0 Å². The number of rotatable bonds is 3. The van der Waals surface area contributed by atoms with Crippen LogP contribution in [0.4, 0.5) is 11.8 Å². The lowest BCUT2D eigenvalue weighted by atomic mass is 10.2. The van der Waals surface area contributed by atoms with Crippen LogP contribution >= 0.6 is 0 Å². The van der Waals surface area contributed by atoms with E-state index in [2.05, 4.69) is 28.7 Å². The molecule has 4 heteroatoms. The molecule has 72 valence electrons. The van der Waals surface area contributed by atoms with Crippen LogP contribution in [0.5, 0.6) is 0 Å². The Hall–Kier alpha value is -1.32. The third-order valence-corrected chi connectivity index (χ3v) is 1.69. The first-order valence-corrected chi connectivity index (χ1v) is 4.39. The van der Waals surface area contributed by atoms with Crippen molar-refractivity contribution >= 4 is 11.8 Å². The summed E-state index contributed by atoms with van der Waals surface area (Å²) in [7, 11) is 2.00. The zero-order valence-electron chi connectivity index (χ0n) is 8.36. The molecule has 0 aliphatic carbocycles. The van der Waals surface area contributed by atoms with Gasteiger partial charge in [0.1, 0.15) is 5.82 Å². The van der Waals surface area contributed by atoms with Crippen molar-refractivity contribution in [1.82, 2.24) is 9.97 Å². The van der Waals surface area contributed by atoms with Crippen LogP contribution in [0.3, 0.4) is 0 Å². The Labute approximate surface area is 78.8 Å². The molecule has 0 aliphatic heterocycles. The van der Waals surface area contributed by atoms with E-state index in [1.54, 1.807) is 6.20 Å². The first-order chi connectivity index (χ1) is 6.09. The van der Waals surface area contributed by atoms with Crippen LogP contribution in [0.1, 0.15) is 13.8 Å². The molecule has 0 radical (unpaired) electrons. The maximum absolute atomic E-state index is 5.48. The Morgan fingerprint density at radius 1 is 1.54 bits per heavy atom. The van der Waals surface area contributed by atoms with Gasteiger partial charge in [-0.25, -0.2) is 4.98 Å². The minimum absolute atomic E-state index is 0.327. The quantitative estimate of drug-likeness (QED) is 0.758. The van der Waals surface area contributed by atoms with Gasteiger partial charge in [-0.05, 0) is 12.0 Å². The number of nitrogen functional groups attached to an aromatic ring is 1. The van der Waals surface area contributed by atoms with E-state index in [4.69, 9.17) is 5.73 Å². The molecule has 1 rings (SSSR count). The molecule has 0 atom stereocenters. The van der Waals surface area contributed by atoms with E-state index in [-0.39, 0.29) is 0 Å². The minimum Gasteiger partial charge on any atom is -0.368 e. The molecular weight excluding hydrogens is 164 g/mol. The van der Waals surface area contributed by atoms with Gasteiger partial charge in [0.15, 0.2) is 0 Å². The molecule has 0 saturated carbocycles. The monoisotopic (exact) mass is 180 g/mol. The molecule has 0 aromatic carbocycles. The summed E-state index contributed by atoms with van der Waals surface area (Å²) >= 11 is 0. The minimum atomic E-state index is 0.327. The van der Waals surface area contributed by atoms with Gasteiger partial charge < -0.3 is 10.6 Å². The fourth-order valence-corrected chi connectivity index (χ4v) is 1.22. The Morgan fingerprint density at radius 3 is 2.77 bits per heavy atom. The molecule has 0 saturated heterocycles. The molecular formula is C9H16N4. The lowest BCUT2D eigenvalue weighted by Crippen LogP contribution is -2.23. The predicted octanol–water partition coefficient (Wildman–Crippen LogP) is 1.15. The standard InChI is InChI=1S/C9H16N4/c1-7(2)6-13(3)8-4-5-11-9(10)12-8/h4-5,7H,6H2,1-3H3,(H2,10,11,12). The van der Waals surface area contributed by atoms with Crippen molar-refractivity contribution in [2.24, 2.45) is 5.92 Å². The molecule has 0 unspecified atom stereocenters. The number of anilines is 2. The molecule has 2 N–H and O–H groups in total. The van der Waals surface area contributed by atoms with Crippen molar-refractivity contribution in [3.05, 3.63) is 12.3 Å². The van der Waals surface area contributed by atoms with Crippen LogP contribution in [-0.2, 0) is 0 Å². The van der Waals surface area contributed by atoms with E-state index >= 15 is 0 Å². The van der Waals surface area contributed by atoms with E-state index in [0.717, 1.165) is 12.4 Å². The molecule has 0 spiro atoms. The summed E-state index contributed by atoms with van der Waals surface area (Å²) in [6, 6.07) is 1.86. The second kappa shape index (κ2) is 4.07. The van der Waals surface area contributed by atoms with Crippen molar-refractivity contribution in [3.63, 3.8) is 0 Å². The molecule has 1 aromatic heterocycles. The van der Waals surface area contributed by atoms with Gasteiger partial charge in [0.05, 0.1) is 0 Å². The summed E-state index contributed by atoms with van der Waals surface area (Å²) in [5.41, 5.74) is 5.48. The van der Waals surface area contributed by atoms with Crippen LogP contribution in [0, 0.1) is 5.92 Å². The van der Waals surface area contributed by atoms with Crippen molar-refractivity contribution < 1.29 is 0 Å². The summed E-state index contributed by atoms with van der Waals surface area (Å²) in [5.74, 6) is 1.82. The maximum atomic E-state index is 5.48. The van der Waals surface area contributed by atoms with E-state index in [0.29, 0.717) is 11.9 Å². The average molecular weight is 180 g/mol. The second-order valence-electron chi connectivity index (χ2n) is 3.55. The fourth-order valence-electron chi connectivity index (χ4n) is 1.22. The van der Waals surface area contributed by atoms with Crippen molar-refractivity contribution in [3.8, 4) is 0 Å². The Balaban J connectivity index is 2.71. The number of aromatic nitrogens is 2. The maximum Gasteiger partial charge on any atom is 0.221 e. The van der Waals surface area contributed by atoms with E-state index in [9.17, 15) is 0 Å². The normalized spacial score (nSPS) is 10.5. The van der Waals surface area contributed by atoms with Gasteiger partial charge in [0, 0.05) is 19.8 Å². The Bertz CT molecular complexity index is 272. The van der Waals surface area contributed by atoms with E-state index in [1.807, 2.05) is 13.1 Å². The van der Waals surface area contributed by atoms with Gasteiger partial charge in [-0.3, -0.25) is 0 Å². The van der Waals surface area contributed by atoms with Crippen LogP contribution in [0.2, 0.25) is 0 Å². The molecule has 0 amide bonds. The zero-order valence-corrected chi connectivity index (χ0v) is 8.36. The van der Waals surface area contributed by atoms with Crippen molar-refractivity contribution in [1.29, 1.82) is 0 Å². The average Bonchev–Trinajstić information content (AvgIpc) is 2.03. The van der Waals surface area contributed by atoms with Crippen LogP contribution in [-0.4, -0.2) is 23.6 Å². The summed E-state index contributed by atoms with van der Waals surface area (Å²) in [6.07, 6.45) is 1.68. The first-order valence-electron chi connectivity index (χ1n) is 4.39. The summed E-state index contributed by atoms with van der Waals surface area (Å²) < 4.78 is 0. The number of hydrogen-bond donors (Lipinski definition) is 1. The zero-order chi connectivity index (χ0) is 9.84. The highest BCUT2D eigenvalue weighted by Gasteiger charge is 2.04. The largest absolute Gasteiger partial charge is 0.368 e. The molecule has 4 nitrogen and oxygen atoms in total. The lowest BCUT2D eigenvalue weighted by Gasteiger charge is -2.19. The summed E-state index contributed by atoms with van der Waals surface area (Å²) in [6.45, 7) is 5.30. The van der Waals surface area contributed by atoms with Gasteiger partial charge in [-0.15, -0.1) is 0 Å². The third kappa shape index (κ3) is 2.89. The molecule has 1 aromatic rings. The van der Waals surface area contributed by atoms with Gasteiger partial charge in [0.2, 0.25) is 5.95 Å². The number of hydrogen-bond acceptors (Lipinski definition) is 4. The van der Waals surface area contributed by atoms with Gasteiger partial charge in [-0.1, -0.05) is 13.8 Å². The van der Waals surface area contributed by atoms with Gasteiger partial charge in [-0.2, -0.15) is 4.98 Å². The molecule has 13 heavy (non-hydrogen) atoms. The smallest absolute Gasteiger partial charge is 0.221 e. The molecule has 0 aliphatic rings. The third-order valence-electron chi connectivity index (χ3n) is 1.69. The molecule has 0 bridgehead atoms. The topological polar surface area (TPSA) is 55.0 Å². The molecule has 1 heterocycles. The van der Waals surface area contributed by atoms with E-state index < -0.39 is 0 Å². The van der Waals surface area contributed by atoms with Gasteiger partial charge in [0.25, 0.3) is 0 Å². The van der Waals surface area contributed by atoms with Crippen molar-refractivity contribution in [2.75, 3.05) is 24.2 Å². The van der Waals surface area contributed by atoms with E-state index in [1.165, 1.54) is 0 Å². The Morgan fingerprint density at radius 2 is 2.23 bits per heavy atom. The highest BCUT2D eigenvalue weighted by Crippen LogP contribution is 2.10. The number of nitrogens with two attached hydrogens (primary N) is 1.